The Balaban J connectivity index is 3.94. The number of hydrogen-bond donors (Lipinski definition) is 4. The maximum atomic E-state index is 11.1. The summed E-state index contributed by atoms with van der Waals surface area (Å²) >= 11 is 3.81. The monoisotopic (exact) mass is 236 g/mol. The zero-order valence-corrected chi connectivity index (χ0v) is 9.80. The predicted molar refractivity (Wildman–Crippen MR) is 57.8 cm³/mol. The van der Waals surface area contributed by atoms with Gasteiger partial charge in [0.05, 0.1) is 0 Å². The molecule has 1 amide bonds. The second-order valence-corrected chi connectivity index (χ2v) is 4.21. The van der Waals surface area contributed by atoms with E-state index in [1.807, 2.05) is 0 Å². The number of nitrogens with one attached hydrogen (secondary N) is 2. The Hall–Kier alpha value is -0.950. The fourth-order valence-corrected chi connectivity index (χ4v) is 0.883. The third-order valence-corrected chi connectivity index (χ3v) is 1.59. The third kappa shape index (κ3) is 7.03. The molecule has 0 saturated heterocycles. The molecule has 0 aliphatic heterocycles. The number of ether oxygens (including phenoxy) is 1. The molecule has 6 nitrogen and oxygen atoms in total. The second-order valence-electron chi connectivity index (χ2n) is 3.84. The van der Waals surface area contributed by atoms with Crippen molar-refractivity contribution in [3.05, 3.63) is 0 Å². The number of carboxylic acids is 1. The van der Waals surface area contributed by atoms with Gasteiger partial charge in [-0.05, 0) is 20.8 Å². The fraction of sp³-hybridized carbons (Fsp3) is 0.750. The van der Waals surface area contributed by atoms with E-state index in [1.54, 1.807) is 20.8 Å². The van der Waals surface area contributed by atoms with Crippen molar-refractivity contribution >= 4 is 24.7 Å². The van der Waals surface area contributed by atoms with Crippen molar-refractivity contribution < 1.29 is 19.4 Å². The number of hydrogen-bond acceptors (Lipinski definition) is 5. The molecule has 0 radical (unpaired) electrons. The summed E-state index contributed by atoms with van der Waals surface area (Å²) in [5.41, 5.74) is 3.80. The molecular formula is C8H16N2O4S. The van der Waals surface area contributed by atoms with Crippen LogP contribution in [0.4, 0.5) is 4.79 Å². The largest absolute Gasteiger partial charge is 0.480 e. The van der Waals surface area contributed by atoms with Crippen LogP contribution in [-0.4, -0.2) is 34.6 Å². The minimum atomic E-state index is -1.10. The molecule has 3 N–H and O–H groups in total. The number of carboxylic acid groups (broad SMARTS) is 1. The SMILES string of the molecule is CC(C)(C)OC(=O)NN[C@@H](CS)C(=O)O. The third-order valence-electron chi connectivity index (χ3n) is 1.23. The quantitative estimate of drug-likeness (QED) is 0.419. The number of thiol groups is 1. The molecule has 0 saturated carbocycles. The molecule has 15 heavy (non-hydrogen) atoms. The van der Waals surface area contributed by atoms with E-state index in [0.717, 1.165) is 0 Å². The highest BCUT2D eigenvalue weighted by Gasteiger charge is 2.19. The van der Waals surface area contributed by atoms with Gasteiger partial charge in [0.15, 0.2) is 0 Å². The Labute approximate surface area is 93.7 Å². The van der Waals surface area contributed by atoms with E-state index in [-0.39, 0.29) is 5.75 Å². The van der Waals surface area contributed by atoms with Crippen LogP contribution in [0.2, 0.25) is 0 Å². The van der Waals surface area contributed by atoms with Crippen molar-refractivity contribution in [1.29, 1.82) is 0 Å². The summed E-state index contributed by atoms with van der Waals surface area (Å²) < 4.78 is 4.88. The van der Waals surface area contributed by atoms with Gasteiger partial charge in [0, 0.05) is 5.75 Å². The summed E-state index contributed by atoms with van der Waals surface area (Å²) in [6, 6.07) is -0.944. The van der Waals surface area contributed by atoms with E-state index in [9.17, 15) is 9.59 Å². The topological polar surface area (TPSA) is 87.7 Å². The van der Waals surface area contributed by atoms with Crippen molar-refractivity contribution in [2.24, 2.45) is 0 Å². The van der Waals surface area contributed by atoms with Gasteiger partial charge in [0.25, 0.3) is 0 Å². The lowest BCUT2D eigenvalue weighted by atomic mass is 10.2. The minimum Gasteiger partial charge on any atom is -0.480 e. The van der Waals surface area contributed by atoms with Crippen LogP contribution >= 0.6 is 12.6 Å². The van der Waals surface area contributed by atoms with Crippen LogP contribution in [-0.2, 0) is 9.53 Å². The lowest BCUT2D eigenvalue weighted by Crippen LogP contribution is -2.50. The maximum absolute atomic E-state index is 11.1. The Morgan fingerprint density at radius 3 is 2.33 bits per heavy atom. The molecule has 0 aliphatic carbocycles. The summed E-state index contributed by atoms with van der Waals surface area (Å²) in [5.74, 6) is -1.04. The number of hydrazine groups is 1. The molecule has 0 aromatic carbocycles. The summed E-state index contributed by atoms with van der Waals surface area (Å²) in [7, 11) is 0. The Morgan fingerprint density at radius 1 is 1.47 bits per heavy atom. The second kappa shape index (κ2) is 5.82. The van der Waals surface area contributed by atoms with Gasteiger partial charge in [-0.25, -0.2) is 10.2 Å². The van der Waals surface area contributed by atoms with Crippen molar-refractivity contribution in [2.75, 3.05) is 5.75 Å². The van der Waals surface area contributed by atoms with Crippen LogP contribution in [0.25, 0.3) is 0 Å². The highest BCUT2D eigenvalue weighted by molar-refractivity contribution is 7.80. The van der Waals surface area contributed by atoms with Crippen LogP contribution < -0.4 is 10.9 Å². The van der Waals surface area contributed by atoms with Gasteiger partial charge in [0.2, 0.25) is 0 Å². The van der Waals surface area contributed by atoms with Gasteiger partial charge < -0.3 is 9.84 Å². The summed E-state index contributed by atoms with van der Waals surface area (Å²) in [6.45, 7) is 5.12. The molecular weight excluding hydrogens is 220 g/mol. The summed E-state index contributed by atoms with van der Waals surface area (Å²) in [4.78, 5) is 21.6. The summed E-state index contributed by atoms with van der Waals surface area (Å²) in [6.07, 6.45) is -0.726. The number of rotatable bonds is 4. The van der Waals surface area contributed by atoms with Crippen LogP contribution in [0.1, 0.15) is 20.8 Å². The Bertz CT molecular complexity index is 239. The molecule has 0 spiro atoms. The van der Waals surface area contributed by atoms with Crippen molar-refractivity contribution in [2.45, 2.75) is 32.4 Å². The number of carbonyl (C=O) groups is 2. The molecule has 0 rings (SSSR count). The van der Waals surface area contributed by atoms with Crippen LogP contribution in [0.5, 0.6) is 0 Å². The molecule has 0 heterocycles. The molecule has 0 unspecified atom stereocenters. The average Bonchev–Trinajstić information content (AvgIpc) is 2.01. The van der Waals surface area contributed by atoms with Gasteiger partial charge in [-0.2, -0.15) is 12.6 Å². The first kappa shape index (κ1) is 14.1. The van der Waals surface area contributed by atoms with E-state index >= 15 is 0 Å². The number of amides is 1. The number of carbonyl (C=O) groups excluding carboxylic acids is 1. The minimum absolute atomic E-state index is 0.0606. The fourth-order valence-electron chi connectivity index (χ4n) is 0.635. The first-order chi connectivity index (χ1) is 6.76. The van der Waals surface area contributed by atoms with Gasteiger partial charge in [0.1, 0.15) is 11.6 Å². The van der Waals surface area contributed by atoms with Gasteiger partial charge in [-0.15, -0.1) is 0 Å². The van der Waals surface area contributed by atoms with E-state index in [1.165, 1.54) is 0 Å². The normalized spacial score (nSPS) is 13.1. The standard InChI is InChI=1S/C8H16N2O4S/c1-8(2,3)14-7(13)10-9-5(4-15)6(11)12/h5,9,15H,4H2,1-3H3,(H,10,13)(H,11,12)/t5-/m0/s1. The molecule has 7 heteroatoms. The summed E-state index contributed by atoms with van der Waals surface area (Å²) in [5, 5.41) is 8.62. The lowest BCUT2D eigenvalue weighted by Gasteiger charge is -2.20. The van der Waals surface area contributed by atoms with Gasteiger partial charge in [-0.1, -0.05) is 0 Å². The predicted octanol–water partition coefficient (Wildman–Crippen LogP) is 0.399. The maximum Gasteiger partial charge on any atom is 0.422 e. The molecule has 0 bridgehead atoms. The van der Waals surface area contributed by atoms with E-state index < -0.39 is 23.7 Å². The van der Waals surface area contributed by atoms with Gasteiger partial charge in [-0.3, -0.25) is 10.2 Å². The van der Waals surface area contributed by atoms with Crippen molar-refractivity contribution in [3.63, 3.8) is 0 Å². The highest BCUT2D eigenvalue weighted by Crippen LogP contribution is 2.05. The van der Waals surface area contributed by atoms with Crippen molar-refractivity contribution in [3.8, 4) is 0 Å². The molecule has 0 aliphatic rings. The Morgan fingerprint density at radius 2 is 2.00 bits per heavy atom. The van der Waals surface area contributed by atoms with Gasteiger partial charge >= 0.3 is 12.1 Å². The first-order valence-electron chi connectivity index (χ1n) is 4.34. The smallest absolute Gasteiger partial charge is 0.422 e. The molecule has 0 aromatic heterocycles. The zero-order valence-electron chi connectivity index (χ0n) is 8.90. The zero-order chi connectivity index (χ0) is 12.1. The number of aliphatic carboxylic acids is 1. The van der Waals surface area contributed by atoms with Crippen molar-refractivity contribution in [1.82, 2.24) is 10.9 Å². The first-order valence-corrected chi connectivity index (χ1v) is 4.97. The highest BCUT2D eigenvalue weighted by atomic mass is 32.1. The lowest BCUT2D eigenvalue weighted by molar-refractivity contribution is -0.139. The molecule has 1 atom stereocenters. The van der Waals surface area contributed by atoms with Crippen LogP contribution in [0, 0.1) is 0 Å². The Kier molecular flexibility index (Phi) is 5.45. The van der Waals surface area contributed by atoms with Crippen LogP contribution in [0.15, 0.2) is 0 Å². The molecule has 0 aromatic rings. The molecule has 0 fully saturated rings. The molecule has 88 valence electrons. The average molecular weight is 236 g/mol. The van der Waals surface area contributed by atoms with E-state index in [2.05, 4.69) is 23.5 Å². The van der Waals surface area contributed by atoms with Crippen LogP contribution in [0.3, 0.4) is 0 Å². The van der Waals surface area contributed by atoms with E-state index in [0.29, 0.717) is 0 Å². The van der Waals surface area contributed by atoms with E-state index in [4.69, 9.17) is 9.84 Å².